The van der Waals surface area contributed by atoms with E-state index in [1.807, 2.05) is 0 Å². The summed E-state index contributed by atoms with van der Waals surface area (Å²) in [4.78, 5) is 42.0. The summed E-state index contributed by atoms with van der Waals surface area (Å²) in [6, 6.07) is 8.29. The molecule has 2 heterocycles. The molecule has 110 valence electrons. The Morgan fingerprint density at radius 3 is 2.77 bits per heavy atom. The number of aromatic amines is 1. The van der Waals surface area contributed by atoms with Gasteiger partial charge in [-0.15, -0.1) is 11.3 Å². The summed E-state index contributed by atoms with van der Waals surface area (Å²) in [5.41, 5.74) is 0.797. The monoisotopic (exact) mass is 313 g/mol. The second kappa shape index (κ2) is 5.53. The third kappa shape index (κ3) is 2.66. The highest BCUT2D eigenvalue weighted by atomic mass is 32.1. The van der Waals surface area contributed by atoms with Crippen LogP contribution >= 0.6 is 11.3 Å². The molecule has 2 N–H and O–H groups in total. The van der Waals surface area contributed by atoms with Crippen molar-refractivity contribution in [2.75, 3.05) is 5.32 Å². The molecule has 2 aromatic heterocycles. The number of para-hydroxylation sites is 1. The lowest BCUT2D eigenvalue weighted by molar-refractivity contribution is 0.100. The van der Waals surface area contributed by atoms with Gasteiger partial charge in [-0.25, -0.2) is 4.98 Å². The molecule has 3 aromatic rings. The second-order valence-electron chi connectivity index (χ2n) is 4.64. The van der Waals surface area contributed by atoms with Crippen LogP contribution in [0.2, 0.25) is 0 Å². The zero-order valence-electron chi connectivity index (χ0n) is 11.5. The number of amides is 1. The Bertz CT molecular complexity index is 942. The van der Waals surface area contributed by atoms with E-state index in [4.69, 9.17) is 0 Å². The highest BCUT2D eigenvalue weighted by Crippen LogP contribution is 2.19. The number of thiazole rings is 1. The lowest BCUT2D eigenvalue weighted by Crippen LogP contribution is -2.16. The summed E-state index contributed by atoms with van der Waals surface area (Å²) in [6.07, 6.45) is 0. The fourth-order valence-corrected chi connectivity index (χ4v) is 2.79. The largest absolute Gasteiger partial charge is 0.322 e. The van der Waals surface area contributed by atoms with Crippen molar-refractivity contribution in [3.63, 3.8) is 0 Å². The summed E-state index contributed by atoms with van der Waals surface area (Å²) in [5, 5.41) is 5.15. The van der Waals surface area contributed by atoms with Gasteiger partial charge < -0.3 is 4.98 Å². The number of rotatable bonds is 3. The van der Waals surface area contributed by atoms with Crippen molar-refractivity contribution in [1.82, 2.24) is 9.97 Å². The molecule has 1 amide bonds. The molecule has 0 atom stereocenters. The average Bonchev–Trinajstić information content (AvgIpc) is 2.95. The number of carbonyl (C=O) groups excluding carboxylic acids is 2. The molecule has 0 unspecified atom stereocenters. The Morgan fingerprint density at radius 1 is 1.27 bits per heavy atom. The van der Waals surface area contributed by atoms with Crippen LogP contribution in [0, 0.1) is 0 Å². The Hall–Kier alpha value is -2.80. The molecule has 0 aliphatic carbocycles. The van der Waals surface area contributed by atoms with Crippen molar-refractivity contribution in [1.29, 1.82) is 0 Å². The van der Waals surface area contributed by atoms with E-state index in [1.165, 1.54) is 13.0 Å². The summed E-state index contributed by atoms with van der Waals surface area (Å²) >= 11 is 1.16. The number of aromatic nitrogens is 2. The maximum Gasteiger partial charge on any atom is 0.258 e. The first-order valence-electron chi connectivity index (χ1n) is 6.44. The third-order valence-corrected chi connectivity index (χ3v) is 3.84. The topological polar surface area (TPSA) is 91.9 Å². The van der Waals surface area contributed by atoms with Crippen molar-refractivity contribution < 1.29 is 9.59 Å². The summed E-state index contributed by atoms with van der Waals surface area (Å²) in [7, 11) is 0. The number of ketones is 1. The average molecular weight is 313 g/mol. The van der Waals surface area contributed by atoms with E-state index in [0.29, 0.717) is 21.7 Å². The normalized spacial score (nSPS) is 10.6. The zero-order chi connectivity index (χ0) is 15.7. The Morgan fingerprint density at radius 2 is 2.05 bits per heavy atom. The van der Waals surface area contributed by atoms with Crippen LogP contribution in [0.25, 0.3) is 10.9 Å². The molecule has 0 bridgehead atoms. The van der Waals surface area contributed by atoms with E-state index >= 15 is 0 Å². The molecule has 0 radical (unpaired) electrons. The molecule has 6 nitrogen and oxygen atoms in total. The van der Waals surface area contributed by atoms with Crippen molar-refractivity contribution in [3.8, 4) is 0 Å². The molecule has 7 heteroatoms. The van der Waals surface area contributed by atoms with Gasteiger partial charge in [0.25, 0.3) is 5.91 Å². The number of nitrogens with zero attached hydrogens (tertiary/aromatic N) is 1. The predicted octanol–water partition coefficient (Wildman–Crippen LogP) is 2.44. The van der Waals surface area contributed by atoms with E-state index in [-0.39, 0.29) is 16.9 Å². The Kier molecular flexibility index (Phi) is 3.56. The molecule has 22 heavy (non-hydrogen) atoms. The fourth-order valence-electron chi connectivity index (χ4n) is 2.05. The Balaban J connectivity index is 1.98. The van der Waals surface area contributed by atoms with Gasteiger partial charge >= 0.3 is 0 Å². The molecule has 1 aromatic carbocycles. The smallest absolute Gasteiger partial charge is 0.258 e. The van der Waals surface area contributed by atoms with Crippen molar-refractivity contribution in [2.24, 2.45) is 0 Å². The van der Waals surface area contributed by atoms with Crippen molar-refractivity contribution in [3.05, 3.63) is 57.3 Å². The number of H-pyrrole nitrogens is 1. The van der Waals surface area contributed by atoms with E-state index < -0.39 is 5.91 Å². The number of carbonyl (C=O) groups is 2. The van der Waals surface area contributed by atoms with Crippen LogP contribution in [0.3, 0.4) is 0 Å². The minimum absolute atomic E-state index is 0.168. The molecule has 0 fully saturated rings. The number of Topliss-reactive ketones (excluding diaryl/α,β-unsaturated/α-hetero) is 1. The van der Waals surface area contributed by atoms with Crippen LogP contribution in [0.1, 0.15) is 27.8 Å². The van der Waals surface area contributed by atoms with Gasteiger partial charge in [-0.05, 0) is 6.07 Å². The van der Waals surface area contributed by atoms with Crippen molar-refractivity contribution in [2.45, 2.75) is 6.92 Å². The van der Waals surface area contributed by atoms with Crippen LogP contribution in [0.15, 0.2) is 40.5 Å². The first-order valence-corrected chi connectivity index (χ1v) is 7.32. The van der Waals surface area contributed by atoms with E-state index in [0.717, 1.165) is 11.3 Å². The number of hydrogen-bond acceptors (Lipinski definition) is 5. The van der Waals surface area contributed by atoms with Gasteiger partial charge in [0.2, 0.25) is 5.56 Å². The lowest BCUT2D eigenvalue weighted by atomic mass is 10.1. The van der Waals surface area contributed by atoms with E-state index in [1.54, 1.807) is 29.6 Å². The standard InChI is InChI=1S/C15H11N3O3S/c1-8(19)12-7-22-15(17-12)18-14(21)10-6-13(20)16-11-5-3-2-4-9(10)11/h2-7H,1H3,(H,16,20)(H,17,18,21). The number of anilines is 1. The van der Waals surface area contributed by atoms with Gasteiger partial charge in [0.05, 0.1) is 5.56 Å². The molecule has 3 rings (SSSR count). The second-order valence-corrected chi connectivity index (χ2v) is 5.50. The maximum absolute atomic E-state index is 12.4. The molecular formula is C15H11N3O3S. The summed E-state index contributed by atoms with van der Waals surface area (Å²) in [6.45, 7) is 1.41. The molecule has 0 saturated carbocycles. The number of hydrogen-bond donors (Lipinski definition) is 2. The Labute approximate surface area is 128 Å². The molecule has 0 saturated heterocycles. The highest BCUT2D eigenvalue weighted by Gasteiger charge is 2.14. The molecule has 0 aliphatic heterocycles. The third-order valence-electron chi connectivity index (χ3n) is 3.08. The van der Waals surface area contributed by atoms with Gasteiger partial charge in [-0.3, -0.25) is 19.7 Å². The fraction of sp³-hybridized carbons (Fsp3) is 0.0667. The van der Waals surface area contributed by atoms with Crippen LogP contribution in [0.4, 0.5) is 5.13 Å². The van der Waals surface area contributed by atoms with Gasteiger partial charge in [-0.2, -0.15) is 0 Å². The number of benzene rings is 1. The van der Waals surface area contributed by atoms with E-state index in [2.05, 4.69) is 15.3 Å². The van der Waals surface area contributed by atoms with Crippen LogP contribution in [0.5, 0.6) is 0 Å². The quantitative estimate of drug-likeness (QED) is 0.726. The van der Waals surface area contributed by atoms with Crippen LogP contribution in [-0.2, 0) is 0 Å². The minimum Gasteiger partial charge on any atom is -0.322 e. The summed E-state index contributed by atoms with van der Waals surface area (Å²) < 4.78 is 0. The number of nitrogens with one attached hydrogen (secondary N) is 2. The van der Waals surface area contributed by atoms with Gasteiger partial charge in [0, 0.05) is 29.3 Å². The predicted molar refractivity (Wildman–Crippen MR) is 84.6 cm³/mol. The summed E-state index contributed by atoms with van der Waals surface area (Å²) in [5.74, 6) is -0.606. The SMILES string of the molecule is CC(=O)c1csc(NC(=O)c2cc(=O)[nH]c3ccccc23)n1. The van der Waals surface area contributed by atoms with E-state index in [9.17, 15) is 14.4 Å². The highest BCUT2D eigenvalue weighted by molar-refractivity contribution is 7.14. The van der Waals surface area contributed by atoms with Crippen molar-refractivity contribution >= 4 is 39.1 Å². The van der Waals surface area contributed by atoms with Crippen LogP contribution < -0.4 is 10.9 Å². The molecule has 0 spiro atoms. The van der Waals surface area contributed by atoms with Gasteiger partial charge in [0.15, 0.2) is 10.9 Å². The maximum atomic E-state index is 12.4. The first kappa shape index (κ1) is 14.2. The lowest BCUT2D eigenvalue weighted by Gasteiger charge is -2.05. The first-order chi connectivity index (χ1) is 10.5. The van der Waals surface area contributed by atoms with Gasteiger partial charge in [-0.1, -0.05) is 18.2 Å². The van der Waals surface area contributed by atoms with Crippen LogP contribution in [-0.4, -0.2) is 21.7 Å². The van der Waals surface area contributed by atoms with Gasteiger partial charge in [0.1, 0.15) is 5.69 Å². The minimum atomic E-state index is -0.438. The zero-order valence-corrected chi connectivity index (χ0v) is 12.4. The number of pyridine rings is 1. The molecule has 0 aliphatic rings. The number of fused-ring (bicyclic) bond motifs is 1. The molecular weight excluding hydrogens is 302 g/mol.